The lowest BCUT2D eigenvalue weighted by molar-refractivity contribution is -0.146. The Morgan fingerprint density at radius 2 is 2.10 bits per heavy atom. The number of ether oxygens (including phenoxy) is 1. The minimum Gasteiger partial charge on any atom is -0.465 e. The molecular weight excluding hydrogens is 263 g/mol. The molecule has 0 aliphatic heterocycles. The molecule has 0 fully saturated rings. The number of carbonyl (C=O) groups is 2. The second kappa shape index (κ2) is 6.63. The van der Waals surface area contributed by atoms with Gasteiger partial charge in [0.05, 0.1) is 30.6 Å². The van der Waals surface area contributed by atoms with Gasteiger partial charge >= 0.3 is 5.97 Å². The van der Waals surface area contributed by atoms with Gasteiger partial charge in [-0.1, -0.05) is 0 Å². The van der Waals surface area contributed by atoms with Gasteiger partial charge in [-0.3, -0.25) is 18.7 Å². The lowest BCUT2D eigenvalue weighted by Gasteiger charge is -2.18. The Hall–Kier alpha value is -1.72. The number of hydrogen-bond acceptors (Lipinski definition) is 4. The van der Waals surface area contributed by atoms with E-state index in [9.17, 15) is 14.0 Å². The maximum absolute atomic E-state index is 12.5. The highest BCUT2D eigenvalue weighted by atomic mass is 19.1. The van der Waals surface area contributed by atoms with Crippen LogP contribution in [-0.2, 0) is 15.1 Å². The van der Waals surface area contributed by atoms with Crippen molar-refractivity contribution >= 4 is 11.8 Å². The minimum absolute atomic E-state index is 0.163. The number of nitrogens with zero attached hydrogens (tertiary/aromatic N) is 2. The van der Waals surface area contributed by atoms with E-state index in [1.54, 1.807) is 17.8 Å². The summed E-state index contributed by atoms with van der Waals surface area (Å²) in [5.74, 6) is -2.23. The van der Waals surface area contributed by atoms with Gasteiger partial charge in [-0.25, -0.2) is 0 Å². The quantitative estimate of drug-likeness (QED) is 0.457. The number of Topliss-reactive ketones (excluding diaryl/α,β-unsaturated/α-hetero) is 1. The van der Waals surface area contributed by atoms with E-state index < -0.39 is 24.3 Å². The molecule has 1 rings (SSSR count). The number of rotatable bonds is 6. The molecular formula is C14H21FN2O3. The van der Waals surface area contributed by atoms with Crippen molar-refractivity contribution in [3.63, 3.8) is 0 Å². The summed E-state index contributed by atoms with van der Waals surface area (Å²) in [6.45, 7) is 6.89. The van der Waals surface area contributed by atoms with Crippen LogP contribution in [-0.4, -0.2) is 34.8 Å². The third kappa shape index (κ3) is 3.88. The molecule has 0 aromatic carbocycles. The van der Waals surface area contributed by atoms with Gasteiger partial charge in [-0.2, -0.15) is 5.10 Å². The maximum Gasteiger partial charge on any atom is 0.316 e. The van der Waals surface area contributed by atoms with Gasteiger partial charge in [0.2, 0.25) is 0 Å². The molecule has 0 saturated heterocycles. The van der Waals surface area contributed by atoms with Crippen molar-refractivity contribution in [3.05, 3.63) is 18.0 Å². The van der Waals surface area contributed by atoms with E-state index in [-0.39, 0.29) is 18.6 Å². The summed E-state index contributed by atoms with van der Waals surface area (Å²) in [5.41, 5.74) is 0.0318. The summed E-state index contributed by atoms with van der Waals surface area (Å²) in [6, 6.07) is 0. The summed E-state index contributed by atoms with van der Waals surface area (Å²) in [4.78, 5) is 24.0. The van der Waals surface area contributed by atoms with Gasteiger partial charge < -0.3 is 4.74 Å². The van der Waals surface area contributed by atoms with Crippen LogP contribution in [0.2, 0.25) is 0 Å². The molecule has 1 unspecified atom stereocenters. The molecule has 1 atom stereocenters. The molecule has 0 saturated carbocycles. The van der Waals surface area contributed by atoms with Crippen LogP contribution < -0.4 is 0 Å². The Morgan fingerprint density at radius 1 is 1.45 bits per heavy atom. The highest BCUT2D eigenvalue weighted by Gasteiger charge is 2.30. The molecule has 0 amide bonds. The predicted molar refractivity (Wildman–Crippen MR) is 72.3 cm³/mol. The lowest BCUT2D eigenvalue weighted by atomic mass is 9.97. The predicted octanol–water partition coefficient (Wildman–Crippen LogP) is 2.36. The number of aromatic nitrogens is 2. The highest BCUT2D eigenvalue weighted by Crippen LogP contribution is 2.18. The van der Waals surface area contributed by atoms with Crippen LogP contribution in [0.4, 0.5) is 4.39 Å². The van der Waals surface area contributed by atoms with Crippen molar-refractivity contribution in [3.8, 4) is 0 Å². The molecule has 0 N–H and O–H groups in total. The SMILES string of the molecule is CCOC(=O)C(CCF)C(=O)c1cnn(C(C)(C)C)c1. The van der Waals surface area contributed by atoms with E-state index in [1.165, 1.54) is 6.20 Å². The Morgan fingerprint density at radius 3 is 2.55 bits per heavy atom. The Kier molecular flexibility index (Phi) is 5.42. The first-order chi connectivity index (χ1) is 9.31. The van der Waals surface area contributed by atoms with E-state index >= 15 is 0 Å². The van der Waals surface area contributed by atoms with Crippen LogP contribution in [0, 0.1) is 5.92 Å². The van der Waals surface area contributed by atoms with Gasteiger partial charge in [0.25, 0.3) is 0 Å². The maximum atomic E-state index is 12.5. The number of alkyl halides is 1. The van der Waals surface area contributed by atoms with Crippen molar-refractivity contribution in [1.82, 2.24) is 9.78 Å². The highest BCUT2D eigenvalue weighted by molar-refractivity contribution is 6.08. The fourth-order valence-corrected chi connectivity index (χ4v) is 1.73. The number of halogens is 1. The first-order valence-corrected chi connectivity index (χ1v) is 6.63. The van der Waals surface area contributed by atoms with Crippen LogP contribution in [0.3, 0.4) is 0 Å². The molecule has 0 bridgehead atoms. The molecule has 1 heterocycles. The lowest BCUT2D eigenvalue weighted by Crippen LogP contribution is -2.27. The normalized spacial score (nSPS) is 13.1. The summed E-state index contributed by atoms with van der Waals surface area (Å²) in [7, 11) is 0. The largest absolute Gasteiger partial charge is 0.465 e. The van der Waals surface area contributed by atoms with Crippen LogP contribution in [0.1, 0.15) is 44.5 Å². The topological polar surface area (TPSA) is 61.2 Å². The molecule has 0 aliphatic rings. The van der Waals surface area contributed by atoms with Crippen LogP contribution >= 0.6 is 0 Å². The third-order valence-corrected chi connectivity index (χ3v) is 2.84. The van der Waals surface area contributed by atoms with Crippen molar-refractivity contribution in [2.45, 2.75) is 39.7 Å². The zero-order valence-corrected chi connectivity index (χ0v) is 12.4. The standard InChI is InChI=1S/C14H21FN2O3/c1-5-20-13(19)11(6-7-15)12(18)10-8-16-17(9-10)14(2,3)4/h8-9,11H,5-7H2,1-4H3. The fourth-order valence-electron chi connectivity index (χ4n) is 1.73. The fraction of sp³-hybridized carbons (Fsp3) is 0.643. The first-order valence-electron chi connectivity index (χ1n) is 6.63. The second-order valence-electron chi connectivity index (χ2n) is 5.49. The summed E-state index contributed by atoms with van der Waals surface area (Å²) < 4.78 is 19.0. The van der Waals surface area contributed by atoms with E-state index in [4.69, 9.17) is 4.74 Å². The van der Waals surface area contributed by atoms with E-state index in [0.717, 1.165) is 0 Å². The molecule has 0 aliphatic carbocycles. The average molecular weight is 284 g/mol. The molecule has 1 aromatic heterocycles. The van der Waals surface area contributed by atoms with Gasteiger partial charge in [0.15, 0.2) is 5.78 Å². The molecule has 0 radical (unpaired) electrons. The smallest absolute Gasteiger partial charge is 0.316 e. The molecule has 20 heavy (non-hydrogen) atoms. The van der Waals surface area contributed by atoms with Gasteiger partial charge in [-0.05, 0) is 34.1 Å². The minimum atomic E-state index is -1.10. The Bertz CT molecular complexity index is 477. The van der Waals surface area contributed by atoms with Gasteiger partial charge in [0.1, 0.15) is 5.92 Å². The molecule has 1 aromatic rings. The second-order valence-corrected chi connectivity index (χ2v) is 5.49. The van der Waals surface area contributed by atoms with Crippen LogP contribution in [0.15, 0.2) is 12.4 Å². The first kappa shape index (κ1) is 16.3. The summed E-state index contributed by atoms with van der Waals surface area (Å²) in [6.07, 6.45) is 2.81. The van der Waals surface area contributed by atoms with Crippen LogP contribution in [0.25, 0.3) is 0 Å². The van der Waals surface area contributed by atoms with Gasteiger partial charge in [-0.15, -0.1) is 0 Å². The monoisotopic (exact) mass is 284 g/mol. The number of hydrogen-bond donors (Lipinski definition) is 0. The van der Waals surface area contributed by atoms with Crippen LogP contribution in [0.5, 0.6) is 0 Å². The zero-order chi connectivity index (χ0) is 15.3. The van der Waals surface area contributed by atoms with Crippen molar-refractivity contribution in [1.29, 1.82) is 0 Å². The van der Waals surface area contributed by atoms with Crippen molar-refractivity contribution in [2.24, 2.45) is 5.92 Å². The van der Waals surface area contributed by atoms with E-state index in [2.05, 4.69) is 5.10 Å². The molecule has 6 heteroatoms. The zero-order valence-electron chi connectivity index (χ0n) is 12.4. The number of ketones is 1. The molecule has 5 nitrogen and oxygen atoms in total. The summed E-state index contributed by atoms with van der Waals surface area (Å²) >= 11 is 0. The Labute approximate surface area is 118 Å². The average Bonchev–Trinajstić information content (AvgIpc) is 2.84. The molecule has 112 valence electrons. The number of carbonyl (C=O) groups excluding carboxylic acids is 2. The van der Waals surface area contributed by atoms with E-state index in [1.807, 2.05) is 20.8 Å². The van der Waals surface area contributed by atoms with Crippen molar-refractivity contribution in [2.75, 3.05) is 13.3 Å². The Balaban J connectivity index is 2.95. The van der Waals surface area contributed by atoms with Gasteiger partial charge in [0, 0.05) is 6.20 Å². The number of esters is 1. The molecule has 0 spiro atoms. The van der Waals surface area contributed by atoms with E-state index in [0.29, 0.717) is 5.56 Å². The van der Waals surface area contributed by atoms with Crippen molar-refractivity contribution < 1.29 is 18.7 Å². The third-order valence-electron chi connectivity index (χ3n) is 2.84. The summed E-state index contributed by atoms with van der Waals surface area (Å²) in [5, 5.41) is 4.11.